The third-order valence-electron chi connectivity index (χ3n) is 7.88. The van der Waals surface area contributed by atoms with E-state index in [2.05, 4.69) is 19.2 Å². The first-order valence-electron chi connectivity index (χ1n) is 15.3. The number of rotatable bonds is 20. The number of aldehydes is 1. The Bertz CT molecular complexity index is 1150. The van der Waals surface area contributed by atoms with E-state index in [1.165, 1.54) is 7.05 Å². The monoisotopic (exact) mass is 636 g/mol. The molecule has 0 spiro atoms. The summed E-state index contributed by atoms with van der Waals surface area (Å²) < 4.78 is 9.71. The van der Waals surface area contributed by atoms with Crippen LogP contribution in [0.1, 0.15) is 109 Å². The number of carbonyl (C=O) groups excluding carboxylic acids is 6. The van der Waals surface area contributed by atoms with Crippen LogP contribution in [0.4, 0.5) is 5.69 Å². The normalized spacial score (nSPS) is 14.3. The van der Waals surface area contributed by atoms with Gasteiger partial charge in [-0.15, -0.1) is 5.06 Å². The highest BCUT2D eigenvalue weighted by Crippen LogP contribution is 2.38. The number of nitrogens with zero attached hydrogens (tertiary/aromatic N) is 2. The fourth-order valence-electron chi connectivity index (χ4n) is 5.00. The van der Waals surface area contributed by atoms with Gasteiger partial charge < -0.3 is 24.3 Å². The predicted molar refractivity (Wildman–Crippen MR) is 162 cm³/mol. The molecule has 0 aromatic heterocycles. The van der Waals surface area contributed by atoms with Crippen molar-refractivity contribution in [2.45, 2.75) is 114 Å². The van der Waals surface area contributed by atoms with Gasteiger partial charge in [-0.3, -0.25) is 14.4 Å². The second kappa shape index (κ2) is 19.2. The molecular formula is C31H46N3O9S+. The minimum absolute atomic E-state index is 0.00178. The Morgan fingerprint density at radius 1 is 1.02 bits per heavy atom. The molecule has 3 amide bonds. The zero-order chi connectivity index (χ0) is 32.5. The number of amides is 3. The van der Waals surface area contributed by atoms with Crippen LogP contribution in [0.25, 0.3) is 0 Å². The van der Waals surface area contributed by atoms with Gasteiger partial charge in [0.25, 0.3) is 17.7 Å². The Labute approximate surface area is 263 Å². The Morgan fingerprint density at radius 2 is 1.68 bits per heavy atom. The van der Waals surface area contributed by atoms with Gasteiger partial charge in [-0.05, 0) is 56.1 Å². The summed E-state index contributed by atoms with van der Waals surface area (Å²) >= 11 is 0.714. The summed E-state index contributed by atoms with van der Waals surface area (Å²) in [4.78, 5) is 80.3. The third kappa shape index (κ3) is 12.0. The Hall–Kier alpha value is -3.29. The smallest absolute Gasteiger partial charge is 0.333 e. The molecule has 2 rings (SSSR count). The van der Waals surface area contributed by atoms with Crippen molar-refractivity contribution >= 4 is 53.7 Å². The molecule has 3 N–H and O–H groups in total. The van der Waals surface area contributed by atoms with E-state index in [0.29, 0.717) is 36.2 Å². The summed E-state index contributed by atoms with van der Waals surface area (Å²) in [5, 5.41) is 3.64. The fraction of sp³-hybridized carbons (Fsp3) is 0.613. The number of benzene rings is 1. The van der Waals surface area contributed by atoms with Gasteiger partial charge in [-0.25, -0.2) is 9.59 Å². The molecule has 0 saturated carbocycles. The summed E-state index contributed by atoms with van der Waals surface area (Å²) in [6, 6.07) is 5.94. The molecule has 1 heterocycles. The number of hydrogen-bond donors (Lipinski definition) is 2. The molecule has 244 valence electrons. The van der Waals surface area contributed by atoms with Crippen LogP contribution in [0.5, 0.6) is 0 Å². The van der Waals surface area contributed by atoms with E-state index >= 15 is 0 Å². The van der Waals surface area contributed by atoms with Gasteiger partial charge in [0.05, 0.1) is 6.54 Å². The van der Waals surface area contributed by atoms with E-state index in [1.807, 2.05) is 18.2 Å². The predicted octanol–water partition coefficient (Wildman–Crippen LogP) is 4.13. The first kappa shape index (κ1) is 36.9. The van der Waals surface area contributed by atoms with Crippen LogP contribution in [0.15, 0.2) is 23.1 Å². The highest BCUT2D eigenvalue weighted by atomic mass is 32.2. The quantitative estimate of drug-likeness (QED) is 0.0531. The molecule has 1 fully saturated rings. The van der Waals surface area contributed by atoms with Gasteiger partial charge in [-0.1, -0.05) is 26.7 Å². The zero-order valence-corrected chi connectivity index (χ0v) is 26.8. The average Bonchev–Trinajstić information content (AvgIpc) is 3.33. The number of unbranched alkanes of at least 4 members (excludes halogenated alkanes) is 4. The fourth-order valence-corrected chi connectivity index (χ4v) is 5.30. The molecule has 44 heavy (non-hydrogen) atoms. The topological polar surface area (TPSA) is 164 Å². The SMILES string of the molecule is CCC(C)(CCCCCC(=O)ON(C)C(=O)CCC=O)c1cc(SO)ccc1[NH2+]CCCCCC(=O)ON1C(=O)CCC1=O. The van der Waals surface area contributed by atoms with Crippen LogP contribution in [-0.2, 0) is 43.9 Å². The third-order valence-corrected chi connectivity index (χ3v) is 8.35. The summed E-state index contributed by atoms with van der Waals surface area (Å²) in [5.74, 6) is -2.45. The van der Waals surface area contributed by atoms with Crippen molar-refractivity contribution in [3.8, 4) is 0 Å². The summed E-state index contributed by atoms with van der Waals surface area (Å²) in [7, 11) is 1.37. The maximum absolute atomic E-state index is 12.1. The van der Waals surface area contributed by atoms with Crippen molar-refractivity contribution < 1.29 is 48.3 Å². The molecule has 0 radical (unpaired) electrons. The van der Waals surface area contributed by atoms with Crippen LogP contribution in [-0.4, -0.2) is 64.2 Å². The Morgan fingerprint density at radius 3 is 2.32 bits per heavy atom. The van der Waals surface area contributed by atoms with Crippen LogP contribution in [0, 0.1) is 0 Å². The van der Waals surface area contributed by atoms with Crippen LogP contribution in [0.2, 0.25) is 0 Å². The largest absolute Gasteiger partial charge is 0.338 e. The second-order valence-electron chi connectivity index (χ2n) is 11.2. The highest BCUT2D eigenvalue weighted by molar-refractivity contribution is 7.93. The van der Waals surface area contributed by atoms with Crippen LogP contribution < -0.4 is 5.32 Å². The van der Waals surface area contributed by atoms with Crippen molar-refractivity contribution in [3.63, 3.8) is 0 Å². The minimum Gasteiger partial charge on any atom is -0.338 e. The Balaban J connectivity index is 1.80. The highest BCUT2D eigenvalue weighted by Gasteiger charge is 2.33. The maximum Gasteiger partial charge on any atom is 0.333 e. The van der Waals surface area contributed by atoms with Crippen molar-refractivity contribution in [2.24, 2.45) is 0 Å². The lowest BCUT2D eigenvalue weighted by atomic mass is 9.75. The molecule has 0 aliphatic carbocycles. The molecule has 1 aromatic rings. The molecule has 12 nitrogen and oxygen atoms in total. The lowest BCUT2D eigenvalue weighted by Crippen LogP contribution is -2.78. The number of hydrogen-bond acceptors (Lipinski definition) is 10. The number of hydroxylamine groups is 4. The number of carbonyl (C=O) groups is 6. The molecule has 13 heteroatoms. The summed E-state index contributed by atoms with van der Waals surface area (Å²) in [6.45, 7) is 5.14. The van der Waals surface area contributed by atoms with Crippen LogP contribution in [0.3, 0.4) is 0 Å². The minimum atomic E-state index is -0.582. The molecule has 0 bridgehead atoms. The van der Waals surface area contributed by atoms with Crippen molar-refractivity contribution in [3.05, 3.63) is 23.8 Å². The molecule has 1 aliphatic heterocycles. The average molecular weight is 637 g/mol. The van der Waals surface area contributed by atoms with E-state index in [-0.39, 0.29) is 43.9 Å². The van der Waals surface area contributed by atoms with Crippen LogP contribution >= 0.6 is 12.0 Å². The van der Waals surface area contributed by atoms with E-state index in [9.17, 15) is 33.3 Å². The first-order valence-corrected chi connectivity index (χ1v) is 16.1. The zero-order valence-electron chi connectivity index (χ0n) is 26.0. The molecule has 1 saturated heterocycles. The second-order valence-corrected chi connectivity index (χ2v) is 11.9. The standard InChI is InChI=1S/C31H45N3O9S/c1-4-31(2,19-9-5-7-13-29(39)42-33(3)26(36)12-11-21-35)24-22-23(44-41)15-16-25(24)32-20-10-6-8-14-30(40)43-34-27(37)17-18-28(34)38/h15-16,21-22,32,41H,4-14,17-20H2,1-3H3/p+1. The lowest BCUT2D eigenvalue weighted by molar-refractivity contribution is -0.572. The maximum atomic E-state index is 12.1. The van der Waals surface area contributed by atoms with E-state index in [1.54, 1.807) is 0 Å². The lowest BCUT2D eigenvalue weighted by Gasteiger charge is -2.30. The number of imide groups is 1. The molecule has 1 aromatic carbocycles. The summed E-state index contributed by atoms with van der Waals surface area (Å²) in [6.07, 6.45) is 7.50. The molecule has 1 aliphatic rings. The Kier molecular flexibility index (Phi) is 16.1. The molecular weight excluding hydrogens is 590 g/mol. The van der Waals surface area contributed by atoms with Gasteiger partial charge in [0.2, 0.25) is 0 Å². The molecule has 1 atom stereocenters. The van der Waals surface area contributed by atoms with Gasteiger partial charge in [0.1, 0.15) is 12.0 Å². The first-order chi connectivity index (χ1) is 21.0. The van der Waals surface area contributed by atoms with Gasteiger partial charge >= 0.3 is 11.9 Å². The number of quaternary nitrogens is 1. The van der Waals surface area contributed by atoms with Gasteiger partial charge in [0, 0.05) is 74.1 Å². The summed E-state index contributed by atoms with van der Waals surface area (Å²) in [5.41, 5.74) is 2.10. The van der Waals surface area contributed by atoms with Gasteiger partial charge in [0.15, 0.2) is 0 Å². The van der Waals surface area contributed by atoms with E-state index < -0.39 is 29.7 Å². The van der Waals surface area contributed by atoms with Crippen molar-refractivity contribution in [1.82, 2.24) is 10.1 Å². The number of nitrogens with two attached hydrogens (primary N) is 1. The van der Waals surface area contributed by atoms with E-state index in [4.69, 9.17) is 9.68 Å². The molecule has 1 unspecified atom stereocenters. The van der Waals surface area contributed by atoms with Gasteiger partial charge in [-0.2, -0.15) is 5.06 Å². The van der Waals surface area contributed by atoms with Crippen molar-refractivity contribution in [1.29, 1.82) is 0 Å². The van der Waals surface area contributed by atoms with Crippen molar-refractivity contribution in [2.75, 3.05) is 13.6 Å². The van der Waals surface area contributed by atoms with E-state index in [0.717, 1.165) is 66.3 Å².